The summed E-state index contributed by atoms with van der Waals surface area (Å²) in [5.41, 5.74) is 4.03. The Balaban J connectivity index is 0.00000182. The molecule has 0 unspecified atom stereocenters. The van der Waals surface area contributed by atoms with Crippen LogP contribution in [0.2, 0.25) is 0 Å². The van der Waals surface area contributed by atoms with Gasteiger partial charge in [0, 0.05) is 5.69 Å². The Morgan fingerprint density at radius 3 is 2.33 bits per heavy atom. The molecule has 2 aromatic carbocycles. The number of hydrogen-bond acceptors (Lipinski definition) is 8. The first-order valence-corrected chi connectivity index (χ1v) is 8.04. The predicted molar refractivity (Wildman–Crippen MR) is 83.4 cm³/mol. The maximum absolute atomic E-state index is 12.7. The van der Waals surface area contributed by atoms with E-state index in [1.807, 2.05) is 0 Å². The standard InChI is InChI=1S/C15H11NO8S.2Na/c16-10-5-7(1-4-11(10)18)13-14(19)9-3-2-8(17)6-12(9)23-15(13)24-25(20,21)22;;/h1-6,17-18H,16H2,(H,20,21,22);;/q;2*+1/p-2. The van der Waals surface area contributed by atoms with Crippen LogP contribution in [0.4, 0.5) is 5.69 Å². The van der Waals surface area contributed by atoms with Gasteiger partial charge >= 0.3 is 75.5 Å². The second kappa shape index (κ2) is 8.84. The molecule has 3 rings (SSSR count). The van der Waals surface area contributed by atoms with Gasteiger partial charge in [0.1, 0.15) is 11.1 Å². The van der Waals surface area contributed by atoms with Crippen molar-refractivity contribution in [1.29, 1.82) is 0 Å². The van der Waals surface area contributed by atoms with Crippen LogP contribution in [0.5, 0.6) is 17.4 Å². The van der Waals surface area contributed by atoms with Crippen LogP contribution in [-0.2, 0) is 10.4 Å². The van der Waals surface area contributed by atoms with Crippen molar-refractivity contribution in [2.75, 3.05) is 5.73 Å². The Morgan fingerprint density at radius 1 is 1.07 bits per heavy atom. The summed E-state index contributed by atoms with van der Waals surface area (Å²) in [4.78, 5) is 12.7. The molecule has 9 nitrogen and oxygen atoms in total. The molecule has 0 aliphatic heterocycles. The summed E-state index contributed by atoms with van der Waals surface area (Å²) in [7, 11) is -5.03. The molecule has 0 atom stereocenters. The fourth-order valence-electron chi connectivity index (χ4n) is 2.26. The number of anilines is 1. The van der Waals surface area contributed by atoms with E-state index in [0.717, 1.165) is 24.3 Å². The molecule has 0 radical (unpaired) electrons. The van der Waals surface area contributed by atoms with Crippen LogP contribution in [0, 0.1) is 0 Å². The summed E-state index contributed by atoms with van der Waals surface area (Å²) in [6.07, 6.45) is 0. The van der Waals surface area contributed by atoms with Crippen LogP contribution in [0.25, 0.3) is 22.1 Å². The van der Waals surface area contributed by atoms with Crippen molar-refractivity contribution in [3.8, 4) is 28.6 Å². The molecular formula is C15H9NNa2O8S. The van der Waals surface area contributed by atoms with Crippen molar-refractivity contribution in [2.45, 2.75) is 0 Å². The molecular weight excluding hydrogens is 400 g/mol. The minimum atomic E-state index is -5.03. The first-order valence-electron chi connectivity index (χ1n) is 6.67. The van der Waals surface area contributed by atoms with Crippen molar-refractivity contribution < 1.29 is 90.9 Å². The third-order valence-electron chi connectivity index (χ3n) is 3.31. The molecule has 3 N–H and O–H groups in total. The molecule has 27 heavy (non-hydrogen) atoms. The van der Waals surface area contributed by atoms with E-state index >= 15 is 0 Å². The number of hydrogen-bond donors (Lipinski definition) is 2. The molecule has 1 aromatic heterocycles. The Kier molecular flexibility index (Phi) is 7.79. The number of fused-ring (bicyclic) bond motifs is 1. The molecule has 130 valence electrons. The normalized spacial score (nSPS) is 10.7. The zero-order valence-corrected chi connectivity index (χ0v) is 19.1. The average Bonchev–Trinajstić information content (AvgIpc) is 2.48. The third kappa shape index (κ3) is 5.18. The topological polar surface area (TPSA) is 166 Å². The van der Waals surface area contributed by atoms with E-state index in [2.05, 4.69) is 4.18 Å². The molecule has 0 saturated carbocycles. The Hall–Kier alpha value is -1.24. The Labute approximate surface area is 197 Å². The fourth-order valence-corrected chi connectivity index (χ4v) is 2.57. The van der Waals surface area contributed by atoms with Gasteiger partial charge in [-0.05, 0) is 23.8 Å². The Morgan fingerprint density at radius 2 is 1.74 bits per heavy atom. The SMILES string of the molecule is Nc1cc(-c2c(OS(=O)(=O)O)oc3cc([O-])ccc3c2=O)ccc1[O-].[Na+].[Na+]. The van der Waals surface area contributed by atoms with Crippen LogP contribution in [0.1, 0.15) is 0 Å². The fraction of sp³-hybridized carbons (Fsp3) is 0. The van der Waals surface area contributed by atoms with Gasteiger partial charge in [0.25, 0.3) is 0 Å². The third-order valence-corrected chi connectivity index (χ3v) is 3.67. The van der Waals surface area contributed by atoms with E-state index in [4.69, 9.17) is 14.7 Å². The van der Waals surface area contributed by atoms with E-state index < -0.39 is 33.3 Å². The van der Waals surface area contributed by atoms with Gasteiger partial charge in [-0.25, -0.2) is 0 Å². The molecule has 0 aliphatic carbocycles. The molecule has 1 heterocycles. The summed E-state index contributed by atoms with van der Waals surface area (Å²) in [5, 5.41) is 22.8. The second-order valence-corrected chi connectivity index (χ2v) is 6.04. The van der Waals surface area contributed by atoms with Crippen molar-refractivity contribution in [3.63, 3.8) is 0 Å². The molecule has 0 saturated heterocycles. The minimum Gasteiger partial charge on any atom is -0.872 e. The van der Waals surface area contributed by atoms with Gasteiger partial charge in [0.05, 0.1) is 5.39 Å². The molecule has 0 bridgehead atoms. The van der Waals surface area contributed by atoms with E-state index in [1.165, 1.54) is 12.1 Å². The minimum absolute atomic E-state index is 0. The summed E-state index contributed by atoms with van der Waals surface area (Å²) in [6, 6.07) is 6.73. The smallest absolute Gasteiger partial charge is 0.872 e. The number of benzene rings is 2. The molecule has 12 heteroatoms. The van der Waals surface area contributed by atoms with Gasteiger partial charge < -0.3 is 24.5 Å². The molecule has 0 spiro atoms. The quantitative estimate of drug-likeness (QED) is 0.244. The van der Waals surface area contributed by atoms with Gasteiger partial charge in [-0.3, -0.25) is 9.35 Å². The van der Waals surface area contributed by atoms with Gasteiger partial charge in [-0.1, -0.05) is 23.9 Å². The monoisotopic (exact) mass is 409 g/mol. The van der Waals surface area contributed by atoms with Crippen LogP contribution in [0.3, 0.4) is 0 Å². The van der Waals surface area contributed by atoms with Gasteiger partial charge in [-0.2, -0.15) is 8.42 Å². The second-order valence-electron chi connectivity index (χ2n) is 5.02. The maximum Gasteiger partial charge on any atom is 1.00 e. The predicted octanol–water partition coefficient (Wildman–Crippen LogP) is -5.62. The Bertz CT molecular complexity index is 1160. The van der Waals surface area contributed by atoms with Crippen molar-refractivity contribution >= 4 is 27.1 Å². The van der Waals surface area contributed by atoms with Gasteiger partial charge in [-0.15, -0.1) is 5.75 Å². The maximum atomic E-state index is 12.7. The summed E-state index contributed by atoms with van der Waals surface area (Å²) >= 11 is 0. The first kappa shape index (κ1) is 23.8. The van der Waals surface area contributed by atoms with E-state index in [1.54, 1.807) is 0 Å². The summed E-state index contributed by atoms with van der Waals surface area (Å²) in [6.45, 7) is 0. The number of nitrogens with two attached hydrogens (primary N) is 1. The van der Waals surface area contributed by atoms with Crippen LogP contribution in [0.15, 0.2) is 45.6 Å². The van der Waals surface area contributed by atoms with Gasteiger partial charge in [0.15, 0.2) is 0 Å². The molecule has 3 aromatic rings. The van der Waals surface area contributed by atoms with Crippen LogP contribution < -0.4 is 84.7 Å². The van der Waals surface area contributed by atoms with Crippen LogP contribution in [-0.4, -0.2) is 13.0 Å². The van der Waals surface area contributed by atoms with Gasteiger partial charge in [0.2, 0.25) is 5.43 Å². The zero-order chi connectivity index (χ0) is 18.4. The average molecular weight is 409 g/mol. The van der Waals surface area contributed by atoms with Crippen molar-refractivity contribution in [3.05, 3.63) is 46.6 Å². The van der Waals surface area contributed by atoms with E-state index in [-0.39, 0.29) is 86.9 Å². The molecule has 0 fully saturated rings. The van der Waals surface area contributed by atoms with Crippen LogP contribution >= 0.6 is 0 Å². The zero-order valence-electron chi connectivity index (χ0n) is 14.3. The number of nitrogen functional groups attached to an aromatic ring is 1. The van der Waals surface area contributed by atoms with E-state index in [0.29, 0.717) is 0 Å². The summed E-state index contributed by atoms with van der Waals surface area (Å²) in [5.74, 6) is -1.84. The largest absolute Gasteiger partial charge is 1.00 e. The first-order chi connectivity index (χ1) is 11.7. The van der Waals surface area contributed by atoms with Crippen molar-refractivity contribution in [1.82, 2.24) is 0 Å². The van der Waals surface area contributed by atoms with E-state index in [9.17, 15) is 23.4 Å². The summed E-state index contributed by atoms with van der Waals surface area (Å²) < 4.78 is 40.5. The molecule has 0 amide bonds. The molecule has 0 aliphatic rings. The number of rotatable bonds is 3. The van der Waals surface area contributed by atoms with Crippen molar-refractivity contribution in [2.24, 2.45) is 0 Å².